The molecule has 0 saturated carbocycles. The molecule has 0 aliphatic carbocycles. The fraction of sp³-hybridized carbons (Fsp3) is 0.0400. The molecule has 0 amide bonds. The van der Waals surface area contributed by atoms with Gasteiger partial charge in [0, 0.05) is 39.5 Å². The number of hydrogen-bond acceptors (Lipinski definition) is 2. The molecule has 4 nitrogen and oxygen atoms in total. The van der Waals surface area contributed by atoms with Crippen LogP contribution in [-0.4, -0.2) is 14.1 Å². The van der Waals surface area contributed by atoms with Crippen molar-refractivity contribution in [2.24, 2.45) is 0 Å². The normalized spacial score (nSPS) is 11.5. The molecule has 54 heavy (non-hydrogen) atoms. The fourth-order valence-corrected chi connectivity index (χ4v) is 8.27. The molecule has 254 valence electrons. The van der Waals surface area contributed by atoms with Gasteiger partial charge in [0.05, 0.1) is 45.1 Å². The van der Waals surface area contributed by atoms with Crippen molar-refractivity contribution >= 4 is 43.6 Å². The molecule has 0 fully saturated rings. The molecular formula is C50H34N4. The van der Waals surface area contributed by atoms with Gasteiger partial charge in [0.1, 0.15) is 0 Å². The van der Waals surface area contributed by atoms with Crippen LogP contribution in [0.3, 0.4) is 0 Å². The molecule has 10 rings (SSSR count). The van der Waals surface area contributed by atoms with Crippen molar-refractivity contribution < 1.29 is 0 Å². The molecule has 0 bridgehead atoms. The summed E-state index contributed by atoms with van der Waals surface area (Å²) >= 11 is 0. The van der Waals surface area contributed by atoms with Gasteiger partial charge in [-0.2, -0.15) is 5.26 Å². The molecule has 0 radical (unpaired) electrons. The molecule has 0 aliphatic heterocycles. The number of nitriles is 1. The van der Waals surface area contributed by atoms with Gasteiger partial charge in [-0.25, -0.2) is 0 Å². The minimum atomic E-state index is 0.602. The van der Waals surface area contributed by atoms with Crippen molar-refractivity contribution in [3.05, 3.63) is 187 Å². The van der Waals surface area contributed by atoms with Gasteiger partial charge < -0.3 is 9.13 Å². The second kappa shape index (κ2) is 12.5. The van der Waals surface area contributed by atoms with Crippen molar-refractivity contribution in [1.29, 1.82) is 5.26 Å². The van der Waals surface area contributed by atoms with Crippen LogP contribution in [0.25, 0.3) is 88.4 Å². The third-order valence-electron chi connectivity index (χ3n) is 10.8. The second-order valence-electron chi connectivity index (χ2n) is 14.1. The molecule has 0 N–H and O–H groups in total. The van der Waals surface area contributed by atoms with Crippen molar-refractivity contribution in [3.8, 4) is 50.8 Å². The number of nitrogens with zero attached hydrogens (tertiary/aromatic N) is 4. The predicted octanol–water partition coefficient (Wildman–Crippen LogP) is 12.8. The number of hydrogen-bond donors (Lipinski definition) is 0. The van der Waals surface area contributed by atoms with E-state index in [0.29, 0.717) is 5.56 Å². The summed E-state index contributed by atoms with van der Waals surface area (Å²) in [6.45, 7) is 4.27. The topological polar surface area (TPSA) is 46.5 Å². The summed E-state index contributed by atoms with van der Waals surface area (Å²) in [4.78, 5) is 4.29. The molecule has 7 aromatic carbocycles. The van der Waals surface area contributed by atoms with Gasteiger partial charge in [-0.15, -0.1) is 0 Å². The smallest absolute Gasteiger partial charge is 0.0998 e. The molecule has 0 saturated heterocycles. The van der Waals surface area contributed by atoms with E-state index in [1.165, 1.54) is 44.2 Å². The molecular weight excluding hydrogens is 657 g/mol. The summed E-state index contributed by atoms with van der Waals surface area (Å²) < 4.78 is 4.73. The number of para-hydroxylation sites is 2. The van der Waals surface area contributed by atoms with Gasteiger partial charge in [0.15, 0.2) is 0 Å². The summed E-state index contributed by atoms with van der Waals surface area (Å²) in [5, 5.41) is 15.4. The summed E-state index contributed by atoms with van der Waals surface area (Å²) in [5.41, 5.74) is 15.9. The highest BCUT2D eigenvalue weighted by Crippen LogP contribution is 2.42. The first-order valence-corrected chi connectivity index (χ1v) is 18.3. The Morgan fingerprint density at radius 2 is 0.907 bits per heavy atom. The third-order valence-corrected chi connectivity index (χ3v) is 10.8. The lowest BCUT2D eigenvalue weighted by atomic mass is 9.98. The van der Waals surface area contributed by atoms with E-state index in [9.17, 15) is 5.26 Å². The molecule has 4 heteroatoms. The van der Waals surface area contributed by atoms with Gasteiger partial charge >= 0.3 is 0 Å². The maximum Gasteiger partial charge on any atom is 0.0998 e. The molecule has 10 aromatic rings. The van der Waals surface area contributed by atoms with Gasteiger partial charge in [-0.3, -0.25) is 4.98 Å². The second-order valence-corrected chi connectivity index (χ2v) is 14.1. The van der Waals surface area contributed by atoms with Crippen LogP contribution in [0.15, 0.2) is 170 Å². The summed E-state index contributed by atoms with van der Waals surface area (Å²) in [6, 6.07) is 59.0. The Balaban J connectivity index is 1.31. The van der Waals surface area contributed by atoms with E-state index in [-0.39, 0.29) is 0 Å². The van der Waals surface area contributed by atoms with Gasteiger partial charge in [-0.05, 0) is 102 Å². The Morgan fingerprint density at radius 1 is 0.426 bits per heavy atom. The van der Waals surface area contributed by atoms with Crippen LogP contribution in [-0.2, 0) is 0 Å². The van der Waals surface area contributed by atoms with Crippen LogP contribution in [0.1, 0.15) is 16.7 Å². The van der Waals surface area contributed by atoms with E-state index in [1.807, 2.05) is 12.1 Å². The Morgan fingerprint density at radius 3 is 1.43 bits per heavy atom. The number of aromatic nitrogens is 3. The number of benzene rings is 7. The first-order valence-electron chi connectivity index (χ1n) is 18.3. The molecule has 3 heterocycles. The third kappa shape index (κ3) is 5.02. The number of fused-ring (bicyclic) bond motifs is 6. The van der Waals surface area contributed by atoms with Gasteiger partial charge in [0.25, 0.3) is 0 Å². The predicted molar refractivity (Wildman–Crippen MR) is 223 cm³/mol. The molecule has 0 spiro atoms. The van der Waals surface area contributed by atoms with Crippen molar-refractivity contribution in [3.63, 3.8) is 0 Å². The van der Waals surface area contributed by atoms with Gasteiger partial charge in [-0.1, -0.05) is 108 Å². The first kappa shape index (κ1) is 31.5. The minimum Gasteiger partial charge on any atom is -0.307 e. The van der Waals surface area contributed by atoms with Gasteiger partial charge in [0.2, 0.25) is 0 Å². The Labute approximate surface area is 313 Å². The van der Waals surface area contributed by atoms with Crippen molar-refractivity contribution in [2.75, 3.05) is 0 Å². The summed E-state index contributed by atoms with van der Waals surface area (Å²) in [5.74, 6) is 0. The Kier molecular flexibility index (Phi) is 7.28. The van der Waals surface area contributed by atoms with E-state index in [4.69, 9.17) is 0 Å². The van der Waals surface area contributed by atoms with E-state index in [2.05, 4.69) is 180 Å². The van der Waals surface area contributed by atoms with Crippen LogP contribution < -0.4 is 0 Å². The highest BCUT2D eigenvalue weighted by Gasteiger charge is 2.23. The lowest BCUT2D eigenvalue weighted by Gasteiger charge is -2.19. The highest BCUT2D eigenvalue weighted by molar-refractivity contribution is 6.13. The Bertz CT molecular complexity index is 3140. The summed E-state index contributed by atoms with van der Waals surface area (Å²) in [7, 11) is 0. The quantitative estimate of drug-likeness (QED) is 0.180. The zero-order valence-corrected chi connectivity index (χ0v) is 30.0. The molecule has 3 aromatic heterocycles. The average Bonchev–Trinajstić information content (AvgIpc) is 3.73. The van der Waals surface area contributed by atoms with Crippen LogP contribution in [0.4, 0.5) is 0 Å². The zero-order valence-electron chi connectivity index (χ0n) is 30.0. The summed E-state index contributed by atoms with van der Waals surface area (Å²) in [6.07, 6.45) is 3.58. The molecule has 0 aliphatic rings. The Hall–Kier alpha value is -7.22. The van der Waals surface area contributed by atoms with Crippen molar-refractivity contribution in [2.45, 2.75) is 13.8 Å². The molecule has 0 atom stereocenters. The number of pyridine rings is 1. The average molecular weight is 691 g/mol. The minimum absolute atomic E-state index is 0.602. The zero-order chi connectivity index (χ0) is 36.3. The van der Waals surface area contributed by atoms with Crippen LogP contribution in [0, 0.1) is 25.2 Å². The molecule has 0 unspecified atom stereocenters. The van der Waals surface area contributed by atoms with E-state index in [0.717, 1.165) is 55.3 Å². The van der Waals surface area contributed by atoms with Crippen LogP contribution in [0.2, 0.25) is 0 Å². The van der Waals surface area contributed by atoms with E-state index >= 15 is 0 Å². The monoisotopic (exact) mass is 690 g/mol. The number of rotatable bonds is 5. The van der Waals surface area contributed by atoms with E-state index < -0.39 is 0 Å². The maximum atomic E-state index is 10.8. The fourth-order valence-electron chi connectivity index (χ4n) is 8.27. The lowest BCUT2D eigenvalue weighted by molar-refractivity contribution is 1.09. The number of aryl methyl sites for hydroxylation is 2. The largest absolute Gasteiger partial charge is 0.307 e. The van der Waals surface area contributed by atoms with Crippen LogP contribution in [0.5, 0.6) is 0 Å². The first-order chi connectivity index (χ1) is 26.6. The highest BCUT2D eigenvalue weighted by atomic mass is 15.1. The standard InChI is InChI=1S/C50H34N4/c1-32-9-7-11-35(25-32)37-17-19-47-43(27-37)40-13-3-5-15-45(40)53(47)49-29-39(31-51)42(34-21-23-52-24-22-34)30-50(49)54-46-16-6-4-14-41(46)44-28-38(18-20-48(44)54)36-12-8-10-33(2)26-36/h3-30H,1-2H3. The SMILES string of the molecule is Cc1cccc(-c2ccc3c(c2)c2ccccc2n3-c2cc(C#N)c(-c3ccncc3)cc2-n2c3ccccc3c3cc(-c4cccc(C)c4)ccc32)c1. The van der Waals surface area contributed by atoms with Crippen molar-refractivity contribution in [1.82, 2.24) is 14.1 Å². The lowest BCUT2D eigenvalue weighted by Crippen LogP contribution is -2.05. The maximum absolute atomic E-state index is 10.8. The van der Waals surface area contributed by atoms with E-state index in [1.54, 1.807) is 12.4 Å². The van der Waals surface area contributed by atoms with Crippen LogP contribution >= 0.6 is 0 Å².